The highest BCUT2D eigenvalue weighted by Crippen LogP contribution is 2.46. The minimum absolute atomic E-state index is 0.146. The molecule has 1 aromatic heterocycles. The zero-order valence-corrected chi connectivity index (χ0v) is 18.9. The topological polar surface area (TPSA) is 94.3 Å². The van der Waals surface area contributed by atoms with Gasteiger partial charge in [-0.05, 0) is 31.0 Å². The Kier molecular flexibility index (Phi) is 6.02. The number of hydrogen-bond donors (Lipinski definition) is 1. The van der Waals surface area contributed by atoms with Crippen LogP contribution in [0.3, 0.4) is 0 Å². The van der Waals surface area contributed by atoms with Gasteiger partial charge in [0.25, 0.3) is 5.91 Å². The maximum Gasteiger partial charge on any atom is 0.417 e. The van der Waals surface area contributed by atoms with E-state index in [1.54, 1.807) is 35.9 Å². The number of nitriles is 1. The Bertz CT molecular complexity index is 1140. The van der Waals surface area contributed by atoms with E-state index in [-0.39, 0.29) is 18.4 Å². The van der Waals surface area contributed by atoms with Gasteiger partial charge in [0.1, 0.15) is 0 Å². The molecule has 1 aromatic carbocycles. The van der Waals surface area contributed by atoms with Gasteiger partial charge in [-0.2, -0.15) is 23.5 Å². The number of anilines is 1. The molecule has 2 fully saturated rings. The summed E-state index contributed by atoms with van der Waals surface area (Å²) in [5, 5.41) is 15.8. The first-order chi connectivity index (χ1) is 16.1. The molecule has 2 aliphatic heterocycles. The number of piperidine rings is 1. The minimum Gasteiger partial charge on any atom is -0.371 e. The average molecular weight is 474 g/mol. The molecule has 0 bridgehead atoms. The quantitative estimate of drug-likeness (QED) is 0.738. The number of benzene rings is 1. The summed E-state index contributed by atoms with van der Waals surface area (Å²) in [4.78, 5) is 29.3. The number of aryl methyl sites for hydroxylation is 1. The lowest BCUT2D eigenvalue weighted by atomic mass is 9.70. The number of carbonyl (C=O) groups excluding carboxylic acids is 2. The fraction of sp³-hybridized carbons (Fsp3) is 0.478. The molecule has 8 nitrogen and oxygen atoms in total. The van der Waals surface area contributed by atoms with Crippen molar-refractivity contribution < 1.29 is 22.8 Å². The number of alkyl halides is 3. The summed E-state index contributed by atoms with van der Waals surface area (Å²) in [7, 11) is 3.28. The summed E-state index contributed by atoms with van der Waals surface area (Å²) in [5.74, 6) is -0.747. The van der Waals surface area contributed by atoms with E-state index in [1.807, 2.05) is 4.90 Å². The number of likely N-dealkylation sites (tertiary alicyclic amines) is 1. The largest absolute Gasteiger partial charge is 0.417 e. The Balaban J connectivity index is 1.55. The lowest BCUT2D eigenvalue weighted by Crippen LogP contribution is -2.48. The standard InChI is InChI=1S/C23H25F3N6O2/c1-28-20(33)19-13-32(21(34)16-11-29-30(2)12-16)14-22(19)5-7-31(8-6-22)17-4-3-15(10-27)18(9-17)23(24,25)26/h3-4,9,11-12,19H,5-8,13-14H2,1-2H3,(H,28,33). The highest BCUT2D eigenvalue weighted by molar-refractivity contribution is 5.94. The van der Waals surface area contributed by atoms with Crippen LogP contribution in [0.1, 0.15) is 34.3 Å². The Labute approximate surface area is 194 Å². The first-order valence-electron chi connectivity index (χ1n) is 10.9. The van der Waals surface area contributed by atoms with E-state index in [9.17, 15) is 22.8 Å². The fourth-order valence-corrected chi connectivity index (χ4v) is 5.15. The molecule has 0 aliphatic carbocycles. The van der Waals surface area contributed by atoms with E-state index in [4.69, 9.17) is 5.26 Å². The molecule has 180 valence electrons. The summed E-state index contributed by atoms with van der Waals surface area (Å²) < 4.78 is 41.8. The van der Waals surface area contributed by atoms with Crippen LogP contribution in [0.4, 0.5) is 18.9 Å². The number of rotatable bonds is 3. The van der Waals surface area contributed by atoms with Crippen LogP contribution in [-0.2, 0) is 18.0 Å². The SMILES string of the molecule is CNC(=O)C1CN(C(=O)c2cnn(C)c2)CC12CCN(c1ccc(C#N)c(C(F)(F)F)c1)CC2. The zero-order chi connectivity index (χ0) is 24.7. The van der Waals surface area contributed by atoms with Gasteiger partial charge in [-0.25, -0.2) is 0 Å². The Morgan fingerprint density at radius 2 is 1.97 bits per heavy atom. The predicted molar refractivity (Wildman–Crippen MR) is 117 cm³/mol. The fourth-order valence-electron chi connectivity index (χ4n) is 5.15. The van der Waals surface area contributed by atoms with Gasteiger partial charge in [-0.1, -0.05) is 0 Å². The maximum absolute atomic E-state index is 13.4. The van der Waals surface area contributed by atoms with Crippen molar-refractivity contribution in [2.75, 3.05) is 38.1 Å². The van der Waals surface area contributed by atoms with E-state index in [1.165, 1.54) is 18.3 Å². The molecule has 2 amide bonds. The number of nitrogens with zero attached hydrogens (tertiary/aromatic N) is 5. The van der Waals surface area contributed by atoms with Crippen LogP contribution in [0.2, 0.25) is 0 Å². The van der Waals surface area contributed by atoms with Crippen molar-refractivity contribution in [2.45, 2.75) is 19.0 Å². The Morgan fingerprint density at radius 1 is 1.26 bits per heavy atom. The van der Waals surface area contributed by atoms with Crippen molar-refractivity contribution in [1.29, 1.82) is 5.26 Å². The summed E-state index contributed by atoms with van der Waals surface area (Å²) in [6, 6.07) is 5.33. The van der Waals surface area contributed by atoms with Gasteiger partial charge in [0.15, 0.2) is 0 Å². The smallest absolute Gasteiger partial charge is 0.371 e. The van der Waals surface area contributed by atoms with Crippen LogP contribution >= 0.6 is 0 Å². The highest BCUT2D eigenvalue weighted by atomic mass is 19.4. The molecular weight excluding hydrogens is 449 g/mol. The number of carbonyl (C=O) groups is 2. The number of nitrogens with one attached hydrogen (secondary N) is 1. The summed E-state index contributed by atoms with van der Waals surface area (Å²) in [6.45, 7) is 1.55. The van der Waals surface area contributed by atoms with Crippen molar-refractivity contribution >= 4 is 17.5 Å². The molecular formula is C23H25F3N6O2. The number of amides is 2. The Morgan fingerprint density at radius 3 is 2.53 bits per heavy atom. The van der Waals surface area contributed by atoms with Gasteiger partial charge in [0.2, 0.25) is 5.91 Å². The molecule has 0 saturated carbocycles. The van der Waals surface area contributed by atoms with E-state index in [0.717, 1.165) is 6.07 Å². The summed E-state index contributed by atoms with van der Waals surface area (Å²) in [5.41, 5.74) is -0.993. The van der Waals surface area contributed by atoms with Crippen LogP contribution in [0.5, 0.6) is 0 Å². The van der Waals surface area contributed by atoms with E-state index >= 15 is 0 Å². The van der Waals surface area contributed by atoms with Crippen LogP contribution in [-0.4, -0.2) is 59.7 Å². The monoisotopic (exact) mass is 474 g/mol. The van der Waals surface area contributed by atoms with Crippen molar-refractivity contribution in [3.8, 4) is 6.07 Å². The van der Waals surface area contributed by atoms with Crippen molar-refractivity contribution in [3.05, 3.63) is 47.3 Å². The third kappa shape index (κ3) is 4.20. The summed E-state index contributed by atoms with van der Waals surface area (Å²) >= 11 is 0. The van der Waals surface area contributed by atoms with Crippen molar-refractivity contribution in [1.82, 2.24) is 20.0 Å². The molecule has 4 rings (SSSR count). The van der Waals surface area contributed by atoms with Gasteiger partial charge >= 0.3 is 6.18 Å². The minimum atomic E-state index is -4.62. The molecule has 1 N–H and O–H groups in total. The molecule has 11 heteroatoms. The van der Waals surface area contributed by atoms with Crippen molar-refractivity contribution in [2.24, 2.45) is 18.4 Å². The van der Waals surface area contributed by atoms with Crippen molar-refractivity contribution in [3.63, 3.8) is 0 Å². The van der Waals surface area contributed by atoms with Crippen LogP contribution < -0.4 is 10.2 Å². The Hall–Kier alpha value is -3.55. The van der Waals surface area contributed by atoms with Gasteiger partial charge in [-0.3, -0.25) is 14.3 Å². The molecule has 34 heavy (non-hydrogen) atoms. The molecule has 0 radical (unpaired) electrons. The van der Waals surface area contributed by atoms with Gasteiger partial charge in [0, 0.05) is 57.6 Å². The molecule has 2 aromatic rings. The second-order valence-corrected chi connectivity index (χ2v) is 8.94. The van der Waals surface area contributed by atoms with E-state index in [2.05, 4.69) is 10.4 Å². The second kappa shape index (κ2) is 8.66. The van der Waals surface area contributed by atoms with Gasteiger partial charge in [-0.15, -0.1) is 0 Å². The third-order valence-corrected chi connectivity index (χ3v) is 7.00. The van der Waals surface area contributed by atoms with Crippen LogP contribution in [0.25, 0.3) is 0 Å². The number of aromatic nitrogens is 2. The molecule has 2 aliphatic rings. The van der Waals surface area contributed by atoms with E-state index < -0.39 is 28.6 Å². The number of hydrogen-bond acceptors (Lipinski definition) is 5. The molecule has 1 unspecified atom stereocenters. The lowest BCUT2D eigenvalue weighted by molar-refractivity contribution is -0.137. The normalized spacial score (nSPS) is 19.8. The first-order valence-corrected chi connectivity index (χ1v) is 10.9. The molecule has 2 saturated heterocycles. The second-order valence-electron chi connectivity index (χ2n) is 8.94. The van der Waals surface area contributed by atoms with Crippen LogP contribution in [0, 0.1) is 22.7 Å². The lowest BCUT2D eigenvalue weighted by Gasteiger charge is -2.43. The third-order valence-electron chi connectivity index (χ3n) is 7.00. The van der Waals surface area contributed by atoms with E-state index in [0.29, 0.717) is 43.7 Å². The van der Waals surface area contributed by atoms with Gasteiger partial charge < -0.3 is 15.1 Å². The predicted octanol–water partition coefficient (Wildman–Crippen LogP) is 2.42. The average Bonchev–Trinajstić information content (AvgIpc) is 3.41. The maximum atomic E-state index is 13.4. The highest BCUT2D eigenvalue weighted by Gasteiger charge is 2.52. The zero-order valence-electron chi connectivity index (χ0n) is 18.9. The first kappa shape index (κ1) is 23.6. The summed E-state index contributed by atoms with van der Waals surface area (Å²) in [6.07, 6.45) is -0.407. The van der Waals surface area contributed by atoms with Gasteiger partial charge in [0.05, 0.1) is 34.9 Å². The van der Waals surface area contributed by atoms with Crippen LogP contribution in [0.15, 0.2) is 30.6 Å². The molecule has 3 heterocycles. The molecule has 1 spiro atoms. The molecule has 1 atom stereocenters. The number of halogens is 3.